The standard InChI is InChI=1S/C26H14Br2ClNO4S/c1-13-3-2-4-14(9-13)25(31)33-20-8-6-16(27)10-15(20)11-19-26(32)34-24(30-19)23-22(29)18-7-5-17(28)12-21(18)35-23/h2-12H,1H3/b19-11+. The second-order valence-corrected chi connectivity index (χ2v) is 10.9. The third kappa shape index (κ3) is 4.97. The first-order valence-corrected chi connectivity index (χ1v) is 13.1. The van der Waals surface area contributed by atoms with Crippen molar-refractivity contribution in [2.75, 3.05) is 0 Å². The van der Waals surface area contributed by atoms with Crippen LogP contribution in [0.4, 0.5) is 0 Å². The topological polar surface area (TPSA) is 65.0 Å². The molecule has 5 nitrogen and oxygen atoms in total. The Kier molecular flexibility index (Phi) is 6.63. The number of esters is 2. The molecule has 0 N–H and O–H groups in total. The molecule has 0 spiro atoms. The average Bonchev–Trinajstić information content (AvgIpc) is 3.34. The fourth-order valence-corrected chi connectivity index (χ4v) is 5.85. The van der Waals surface area contributed by atoms with Gasteiger partial charge in [0.1, 0.15) is 10.6 Å². The average molecular weight is 632 g/mol. The first-order valence-electron chi connectivity index (χ1n) is 10.3. The van der Waals surface area contributed by atoms with Crippen molar-refractivity contribution >= 4 is 88.8 Å². The minimum absolute atomic E-state index is 0.0701. The first-order chi connectivity index (χ1) is 16.8. The van der Waals surface area contributed by atoms with Crippen LogP contribution in [0, 0.1) is 6.92 Å². The molecular formula is C26H14Br2ClNO4S. The maximum Gasteiger partial charge on any atom is 0.363 e. The molecule has 0 radical (unpaired) electrons. The summed E-state index contributed by atoms with van der Waals surface area (Å²) >= 11 is 14.8. The number of aliphatic imine (C=N–C) groups is 1. The van der Waals surface area contributed by atoms with Crippen molar-refractivity contribution in [1.82, 2.24) is 0 Å². The van der Waals surface area contributed by atoms with Gasteiger partial charge in [-0.25, -0.2) is 14.6 Å². The molecule has 2 heterocycles. The molecule has 0 saturated carbocycles. The Morgan fingerprint density at radius 1 is 1.09 bits per heavy atom. The molecule has 5 rings (SSSR count). The van der Waals surface area contributed by atoms with E-state index in [1.807, 2.05) is 31.2 Å². The Hall–Kier alpha value is -2.78. The predicted molar refractivity (Wildman–Crippen MR) is 145 cm³/mol. The number of nitrogens with zero attached hydrogens (tertiary/aromatic N) is 1. The number of thiophene rings is 1. The number of hydrogen-bond acceptors (Lipinski definition) is 6. The summed E-state index contributed by atoms with van der Waals surface area (Å²) in [6.45, 7) is 1.90. The lowest BCUT2D eigenvalue weighted by atomic mass is 10.1. The Morgan fingerprint density at radius 2 is 1.86 bits per heavy atom. The quantitative estimate of drug-likeness (QED) is 0.130. The van der Waals surface area contributed by atoms with Crippen LogP contribution in [-0.2, 0) is 9.53 Å². The molecule has 0 unspecified atom stereocenters. The number of cyclic esters (lactones) is 1. The van der Waals surface area contributed by atoms with E-state index in [9.17, 15) is 9.59 Å². The van der Waals surface area contributed by atoms with Gasteiger partial charge in [-0.05, 0) is 55.5 Å². The van der Waals surface area contributed by atoms with Gasteiger partial charge < -0.3 is 9.47 Å². The molecule has 4 aromatic rings. The summed E-state index contributed by atoms with van der Waals surface area (Å²) in [4.78, 5) is 30.3. The second-order valence-electron chi connectivity index (χ2n) is 7.66. The van der Waals surface area contributed by atoms with Crippen LogP contribution in [0.3, 0.4) is 0 Å². The van der Waals surface area contributed by atoms with E-state index in [-0.39, 0.29) is 17.3 Å². The molecule has 0 fully saturated rings. The smallest absolute Gasteiger partial charge is 0.363 e. The van der Waals surface area contributed by atoms with Crippen molar-refractivity contribution in [2.45, 2.75) is 6.92 Å². The molecule has 9 heteroatoms. The van der Waals surface area contributed by atoms with Gasteiger partial charge in [0.05, 0.1) is 10.6 Å². The molecule has 1 aliphatic rings. The summed E-state index contributed by atoms with van der Waals surface area (Å²) in [7, 11) is 0. The van der Waals surface area contributed by atoms with Crippen molar-refractivity contribution in [3.8, 4) is 5.75 Å². The van der Waals surface area contributed by atoms with E-state index in [1.54, 1.807) is 36.4 Å². The highest BCUT2D eigenvalue weighted by atomic mass is 79.9. The van der Waals surface area contributed by atoms with Crippen molar-refractivity contribution < 1.29 is 19.1 Å². The lowest BCUT2D eigenvalue weighted by Gasteiger charge is -2.09. The summed E-state index contributed by atoms with van der Waals surface area (Å²) in [6, 6.07) is 18.0. The normalized spacial score (nSPS) is 14.3. The molecule has 0 atom stereocenters. The van der Waals surface area contributed by atoms with Crippen molar-refractivity contribution in [3.05, 3.63) is 102 Å². The maximum atomic E-state index is 12.7. The zero-order valence-electron chi connectivity index (χ0n) is 18.0. The van der Waals surface area contributed by atoms with Crippen LogP contribution in [0.2, 0.25) is 5.02 Å². The molecular weight excluding hydrogens is 618 g/mol. The number of carbonyl (C=O) groups excluding carboxylic acids is 2. The molecule has 0 saturated heterocycles. The third-order valence-corrected chi connectivity index (χ3v) is 7.76. The van der Waals surface area contributed by atoms with Gasteiger partial charge in [-0.3, -0.25) is 0 Å². The summed E-state index contributed by atoms with van der Waals surface area (Å²) in [6.07, 6.45) is 1.52. The number of rotatable bonds is 4. The van der Waals surface area contributed by atoms with Gasteiger partial charge in [0.15, 0.2) is 5.70 Å². The monoisotopic (exact) mass is 629 g/mol. The van der Waals surface area contributed by atoms with E-state index in [0.717, 1.165) is 24.6 Å². The van der Waals surface area contributed by atoms with Crippen LogP contribution in [0.15, 0.2) is 80.3 Å². The van der Waals surface area contributed by atoms with Crippen LogP contribution in [0.5, 0.6) is 5.75 Å². The minimum Gasteiger partial charge on any atom is -0.422 e. The van der Waals surface area contributed by atoms with Gasteiger partial charge in [0, 0.05) is 24.6 Å². The highest BCUT2D eigenvalue weighted by Gasteiger charge is 2.28. The molecule has 35 heavy (non-hydrogen) atoms. The third-order valence-electron chi connectivity index (χ3n) is 5.13. The van der Waals surface area contributed by atoms with Gasteiger partial charge in [-0.15, -0.1) is 11.3 Å². The van der Waals surface area contributed by atoms with Crippen LogP contribution in [0.25, 0.3) is 16.2 Å². The fraction of sp³-hybridized carbons (Fsp3) is 0.0385. The number of aryl methyl sites for hydroxylation is 1. The molecule has 0 bridgehead atoms. The van der Waals surface area contributed by atoms with Gasteiger partial charge in [-0.1, -0.05) is 67.2 Å². The maximum absolute atomic E-state index is 12.7. The van der Waals surface area contributed by atoms with Crippen molar-refractivity contribution in [2.24, 2.45) is 4.99 Å². The molecule has 0 aliphatic carbocycles. The van der Waals surface area contributed by atoms with E-state index in [0.29, 0.717) is 21.0 Å². The molecule has 3 aromatic carbocycles. The van der Waals surface area contributed by atoms with Gasteiger partial charge in [0.2, 0.25) is 5.90 Å². The Labute approximate surface area is 226 Å². The van der Waals surface area contributed by atoms with Crippen LogP contribution < -0.4 is 4.74 Å². The number of ether oxygens (including phenoxy) is 2. The molecule has 0 amide bonds. The summed E-state index contributed by atoms with van der Waals surface area (Å²) < 4.78 is 13.7. The second kappa shape index (κ2) is 9.70. The largest absolute Gasteiger partial charge is 0.422 e. The zero-order valence-corrected chi connectivity index (χ0v) is 22.7. The van der Waals surface area contributed by atoms with Crippen molar-refractivity contribution in [1.29, 1.82) is 0 Å². The van der Waals surface area contributed by atoms with Gasteiger partial charge in [0.25, 0.3) is 0 Å². The summed E-state index contributed by atoms with van der Waals surface area (Å²) in [5.74, 6) is -0.701. The summed E-state index contributed by atoms with van der Waals surface area (Å²) in [5.41, 5.74) is 1.93. The van der Waals surface area contributed by atoms with E-state index in [2.05, 4.69) is 36.9 Å². The van der Waals surface area contributed by atoms with E-state index < -0.39 is 11.9 Å². The fourth-order valence-electron chi connectivity index (χ4n) is 3.49. The highest BCUT2D eigenvalue weighted by Crippen LogP contribution is 2.39. The Morgan fingerprint density at radius 3 is 2.66 bits per heavy atom. The van der Waals surface area contributed by atoms with Crippen LogP contribution in [0.1, 0.15) is 26.4 Å². The lowest BCUT2D eigenvalue weighted by molar-refractivity contribution is -0.129. The van der Waals surface area contributed by atoms with Crippen LogP contribution in [-0.4, -0.2) is 17.8 Å². The Balaban J connectivity index is 1.50. The minimum atomic E-state index is -0.620. The predicted octanol–water partition coefficient (Wildman–Crippen LogP) is 7.95. The molecule has 174 valence electrons. The van der Waals surface area contributed by atoms with E-state index in [4.69, 9.17) is 21.1 Å². The van der Waals surface area contributed by atoms with Gasteiger partial charge >= 0.3 is 11.9 Å². The number of fused-ring (bicyclic) bond motifs is 1. The van der Waals surface area contributed by atoms with Crippen molar-refractivity contribution in [3.63, 3.8) is 0 Å². The van der Waals surface area contributed by atoms with Crippen LogP contribution >= 0.6 is 54.8 Å². The lowest BCUT2D eigenvalue weighted by Crippen LogP contribution is -2.09. The molecule has 1 aromatic heterocycles. The zero-order chi connectivity index (χ0) is 24.7. The first kappa shape index (κ1) is 23.9. The summed E-state index contributed by atoms with van der Waals surface area (Å²) in [5, 5.41) is 1.32. The molecule has 1 aliphatic heterocycles. The number of halogens is 3. The Bertz CT molecular complexity index is 1590. The van der Waals surface area contributed by atoms with E-state index in [1.165, 1.54) is 17.4 Å². The number of carbonyl (C=O) groups is 2. The number of benzene rings is 3. The van der Waals surface area contributed by atoms with Gasteiger partial charge in [-0.2, -0.15) is 0 Å². The SMILES string of the molecule is Cc1cccc(C(=O)Oc2ccc(Br)cc2/C=C2/N=C(c3sc4cc(Br)ccc4c3Cl)OC2=O)c1. The highest BCUT2D eigenvalue weighted by molar-refractivity contribution is 9.10. The number of hydrogen-bond donors (Lipinski definition) is 0. The van der Waals surface area contributed by atoms with E-state index >= 15 is 0 Å².